The third-order valence-corrected chi connectivity index (χ3v) is 48.7. The predicted octanol–water partition coefficient (Wildman–Crippen LogP) is 22.3. The second-order valence-electron chi connectivity index (χ2n) is 51.7. The van der Waals surface area contributed by atoms with Crippen LogP contribution in [0.3, 0.4) is 0 Å². The standard InChI is InChI=1S/C24H33NO3.C23H31NO3.C22H27ClO3.C22H29NO3.C22H26O3/c1-3-13-10-14-11-15(25-27)4-5-16(14)17-6-8-23(2)22(21(13)17)18-12-19(18)24(23)9-7-20(26)28-24;1-12-9-13-10-14(24-26)3-4-15(13)16-5-7-22(2)21(20(12)16)17-11-18(17)23(22)8-6-19(25)27-23;1-21-8-6-12-11-4-5-17(24)20(23)14(11)3-2-13(12)19(21)15-10-16(15)22(21)9-7-18(25)26-22;1-21-8-6-15-14-5-3-13(23-25)10-12(14)2-4-16(15)20(21)17-11-18(17)22(21)9-7-19(24)26-22;1-21-8-6-15-14-5-3-13(23)10-12(14)2-4-16(15)20(21)17-11-18(17)22(21)9-7-19(24)25-22/h11,13,16-19,21-22,27H,3-10,12H2,1-2H3;10,12,15-18,20-21,26H,3-9,11H2,1-2H3;11-13,15-16,19H,2-10H2,1H3;10,14-18,20,25H,2-9,11H2,1H3;2,4,10,14-18,20H,3,5-9,11H2,1H3/b25-15+;24-14+;;23-13+;/t13?,16-,17?,18?,19?,21?,22?,23-,24-;12?,15-,16?,17?,18?,20?,21?,22-,23-;11?,12?,13?,15?,16?,19?,21-,22-;2*14-,15?,16?,17?,18?,20?,21-,22-/m00000/s1. The average molecular weight is 1820 g/mol. The molecule has 5 heterocycles. The maximum absolute atomic E-state index is 12.2. The molecule has 30 rings (SSSR count). The minimum absolute atomic E-state index is 0.0323. The van der Waals surface area contributed by atoms with Crippen LogP contribution in [0.4, 0.5) is 0 Å². The minimum Gasteiger partial charge on any atom is -0.458 e. The molecule has 42 atom stereocenters. The van der Waals surface area contributed by atoms with E-state index in [2.05, 4.69) is 94.3 Å². The summed E-state index contributed by atoms with van der Waals surface area (Å²) in [5.41, 5.74) is 10.0. The molecule has 5 aliphatic heterocycles. The van der Waals surface area contributed by atoms with Crippen molar-refractivity contribution in [2.75, 3.05) is 0 Å². The van der Waals surface area contributed by atoms with Crippen LogP contribution in [0.5, 0.6) is 0 Å². The molecule has 30 aliphatic rings. The van der Waals surface area contributed by atoms with Gasteiger partial charge in [-0.05, 0) is 414 Å². The number of rotatable bonds is 1. The molecular formula is C113H146ClN3O15. The van der Waals surface area contributed by atoms with Crippen molar-refractivity contribution in [3.63, 3.8) is 0 Å². The van der Waals surface area contributed by atoms with Crippen LogP contribution in [0.15, 0.2) is 84.8 Å². The predicted molar refractivity (Wildman–Crippen MR) is 494 cm³/mol. The van der Waals surface area contributed by atoms with Gasteiger partial charge in [0.2, 0.25) is 0 Å². The number of ketones is 2. The largest absolute Gasteiger partial charge is 0.458 e. The van der Waals surface area contributed by atoms with Crippen LogP contribution in [0.2, 0.25) is 0 Å². The van der Waals surface area contributed by atoms with Crippen molar-refractivity contribution in [2.45, 2.75) is 346 Å². The highest BCUT2D eigenvalue weighted by molar-refractivity contribution is 6.43. The normalized spacial score (nSPS) is 55.5. The summed E-state index contributed by atoms with van der Waals surface area (Å²) in [4.78, 5) is 84.3. The van der Waals surface area contributed by atoms with E-state index >= 15 is 0 Å². The molecule has 0 aromatic rings. The fourth-order valence-electron chi connectivity index (χ4n) is 43.5. The Morgan fingerprint density at radius 2 is 0.727 bits per heavy atom. The first kappa shape index (κ1) is 86.2. The summed E-state index contributed by atoms with van der Waals surface area (Å²) < 4.78 is 30.8. The lowest BCUT2D eigenvalue weighted by Gasteiger charge is -2.59. The molecule has 5 saturated heterocycles. The van der Waals surface area contributed by atoms with Gasteiger partial charge in [0.15, 0.2) is 11.6 Å². The van der Waals surface area contributed by atoms with Gasteiger partial charge in [-0.3, -0.25) is 33.6 Å². The van der Waals surface area contributed by atoms with Crippen LogP contribution in [-0.2, 0) is 57.2 Å². The number of carbonyl (C=O) groups is 7. The van der Waals surface area contributed by atoms with Crippen LogP contribution >= 0.6 is 11.6 Å². The topological polar surface area (TPSA) is 263 Å². The van der Waals surface area contributed by atoms with Crippen molar-refractivity contribution in [1.29, 1.82) is 0 Å². The first-order valence-corrected chi connectivity index (χ1v) is 54.6. The Kier molecular flexibility index (Phi) is 19.4. The average Bonchev–Trinajstić information content (AvgIpc) is 1.52. The molecule has 24 fully saturated rings. The third kappa shape index (κ3) is 11.6. The maximum Gasteiger partial charge on any atom is 0.306 e. The number of fused-ring (bicyclic) bond motifs is 45. The SMILES string of the molecule is CC1CC2=C/C(=N/O)CC[C@@H]2C2CC[C@@]3(C)C(C4CC4[C@@]34CCC(=O)O4)C12.CCC1CC2=C/C(=N/O)CC[C@@H]2C2CC[C@@]3(C)C(C4CC4[C@@]34CCC(=O)O4)C12.C[C@]12CCC3C(C=CC4=CC(=O)CC[C@@H]43)C1C1CC1[C@@]21CCC(=O)O1.C[C@]12CCC3C(CCC4=C/C(=N/O)CC[C@@H]43)C1C1CC1[C@@]21CCC(=O)O1.C[C@]12CCC3C4CCC(=O)C(Cl)=C4CCC3C1C1CC1[C@@]21CCC(=O)O1. The zero-order chi connectivity index (χ0) is 90.3. The molecule has 5 spiro atoms. The fourth-order valence-corrected chi connectivity index (χ4v) is 43.8. The minimum atomic E-state index is -0.156. The number of ether oxygens (including phenoxy) is 5. The number of carbonyl (C=O) groups excluding carboxylic acids is 7. The van der Waals surface area contributed by atoms with Gasteiger partial charge in [0.1, 0.15) is 28.0 Å². The van der Waals surface area contributed by atoms with Crippen molar-refractivity contribution in [1.82, 2.24) is 0 Å². The molecule has 0 aromatic carbocycles. The first-order chi connectivity index (χ1) is 63.6. The lowest BCUT2D eigenvalue weighted by molar-refractivity contribution is -0.177. The van der Waals surface area contributed by atoms with Gasteiger partial charge in [-0.1, -0.05) is 111 Å². The van der Waals surface area contributed by atoms with E-state index in [0.717, 1.165) is 215 Å². The molecule has 19 heteroatoms. The van der Waals surface area contributed by atoms with Crippen molar-refractivity contribution in [2.24, 2.45) is 232 Å². The quantitative estimate of drug-likeness (QED) is 0.0954. The maximum atomic E-state index is 12.2. The number of Topliss-reactive ketones (excluding diaryl/α,β-unsaturated/α-hetero) is 1. The molecule has 0 bridgehead atoms. The molecule has 19 saturated carbocycles. The number of nitrogens with zero attached hydrogens (tertiary/aromatic N) is 3. The van der Waals surface area contributed by atoms with E-state index in [4.69, 9.17) is 40.5 Å². The van der Waals surface area contributed by atoms with Crippen LogP contribution in [-0.4, -0.2) is 102 Å². The number of hydrogen-bond acceptors (Lipinski definition) is 18. The van der Waals surface area contributed by atoms with Crippen LogP contribution in [0, 0.1) is 216 Å². The second kappa shape index (κ2) is 29.7. The summed E-state index contributed by atoms with van der Waals surface area (Å²) >= 11 is 6.43. The summed E-state index contributed by atoms with van der Waals surface area (Å²) in [6, 6.07) is 0. The highest BCUT2D eigenvalue weighted by Crippen LogP contribution is 2.85. The summed E-state index contributed by atoms with van der Waals surface area (Å²) in [6.07, 6.45) is 57.6. The fraction of sp³-hybridized carbons (Fsp3) is 0.805. The zero-order valence-electron chi connectivity index (χ0n) is 79.6. The van der Waals surface area contributed by atoms with E-state index in [9.17, 15) is 44.0 Å². The molecular weight excluding hydrogens is 1670 g/mol. The monoisotopic (exact) mass is 1820 g/mol. The van der Waals surface area contributed by atoms with Gasteiger partial charge in [-0.2, -0.15) is 0 Å². The molecule has 28 unspecified atom stereocenters. The van der Waals surface area contributed by atoms with Crippen LogP contribution in [0.1, 0.15) is 318 Å². The molecule has 0 aromatic heterocycles. The van der Waals surface area contributed by atoms with Crippen molar-refractivity contribution < 1.29 is 72.9 Å². The first-order valence-electron chi connectivity index (χ1n) is 54.3. The molecule has 710 valence electrons. The Morgan fingerprint density at radius 1 is 0.356 bits per heavy atom. The van der Waals surface area contributed by atoms with Crippen molar-refractivity contribution >= 4 is 70.1 Å². The lowest BCUT2D eigenvalue weighted by Crippen LogP contribution is -2.56. The van der Waals surface area contributed by atoms with Crippen LogP contribution in [0.25, 0.3) is 0 Å². The number of halogens is 1. The van der Waals surface area contributed by atoms with Crippen molar-refractivity contribution in [3.05, 3.63) is 69.4 Å². The zero-order valence-corrected chi connectivity index (χ0v) is 80.4. The van der Waals surface area contributed by atoms with Gasteiger partial charge < -0.3 is 39.3 Å². The van der Waals surface area contributed by atoms with Gasteiger partial charge in [0.25, 0.3) is 0 Å². The summed E-state index contributed by atoms with van der Waals surface area (Å²) in [5, 5.41) is 38.7. The number of hydrogen-bond donors (Lipinski definition) is 3. The van der Waals surface area contributed by atoms with Gasteiger partial charge in [0.05, 0.1) is 22.2 Å². The van der Waals surface area contributed by atoms with E-state index in [-0.39, 0.29) is 90.7 Å². The number of esters is 5. The molecule has 132 heavy (non-hydrogen) atoms. The molecule has 0 radical (unpaired) electrons. The van der Waals surface area contributed by atoms with E-state index in [1.165, 1.54) is 140 Å². The van der Waals surface area contributed by atoms with E-state index in [1.54, 1.807) is 16.7 Å². The van der Waals surface area contributed by atoms with E-state index < -0.39 is 0 Å². The number of oxime groups is 3. The van der Waals surface area contributed by atoms with E-state index in [0.29, 0.717) is 144 Å². The molecule has 0 amide bonds. The highest BCUT2D eigenvalue weighted by atomic mass is 35.5. The summed E-state index contributed by atoms with van der Waals surface area (Å²) in [6.45, 7) is 17.1. The molecule has 18 nitrogen and oxygen atoms in total. The summed E-state index contributed by atoms with van der Waals surface area (Å²) in [5.74, 6) is 23.4. The Labute approximate surface area is 785 Å². The molecule has 3 N–H and O–H groups in total. The van der Waals surface area contributed by atoms with Crippen LogP contribution < -0.4 is 0 Å². The Balaban J connectivity index is 0.0000000865. The van der Waals surface area contributed by atoms with Gasteiger partial charge in [0, 0.05) is 102 Å². The summed E-state index contributed by atoms with van der Waals surface area (Å²) in [7, 11) is 0. The lowest BCUT2D eigenvalue weighted by atomic mass is 9.46. The third-order valence-electron chi connectivity index (χ3n) is 48.2. The van der Waals surface area contributed by atoms with Gasteiger partial charge in [-0.15, -0.1) is 0 Å². The Hall–Kier alpha value is -6.17. The Morgan fingerprint density at radius 3 is 1.18 bits per heavy atom. The van der Waals surface area contributed by atoms with Gasteiger partial charge in [-0.25, -0.2) is 0 Å². The second-order valence-corrected chi connectivity index (χ2v) is 52.0. The highest BCUT2D eigenvalue weighted by Gasteiger charge is 2.85. The smallest absolute Gasteiger partial charge is 0.306 e. The number of allylic oxidation sites excluding steroid dienone is 11. The molecule has 25 aliphatic carbocycles. The Bertz CT molecular complexity index is 5280. The van der Waals surface area contributed by atoms with Gasteiger partial charge >= 0.3 is 29.8 Å². The van der Waals surface area contributed by atoms with Crippen molar-refractivity contribution in [3.8, 4) is 0 Å². The van der Waals surface area contributed by atoms with E-state index in [1.807, 2.05) is 6.08 Å².